The molecule has 1 aromatic rings. The van der Waals surface area contributed by atoms with Gasteiger partial charge in [0.05, 0.1) is 0 Å². The molecule has 6 nitrogen and oxygen atoms in total. The Hall–Kier alpha value is -1.15. The van der Waals surface area contributed by atoms with E-state index in [1.165, 1.54) is 16.4 Å². The van der Waals surface area contributed by atoms with Gasteiger partial charge in [0.2, 0.25) is 10.7 Å². The average Bonchev–Trinajstić information content (AvgIpc) is 2.76. The number of imidazole rings is 1. The molecule has 18 heavy (non-hydrogen) atoms. The number of thioether (sulfide) groups is 1. The van der Waals surface area contributed by atoms with Crippen molar-refractivity contribution in [1.82, 2.24) is 9.24 Å². The maximum Gasteiger partial charge on any atom is 0.427 e. The number of ether oxygens (including phenoxy) is 1. The van der Waals surface area contributed by atoms with Crippen molar-refractivity contribution in [1.29, 1.82) is 0 Å². The number of rotatable bonds is 1. The molecule has 2 N–H and O–H groups in total. The second-order valence-electron chi connectivity index (χ2n) is 4.86. The van der Waals surface area contributed by atoms with Crippen molar-refractivity contribution in [2.75, 3.05) is 11.2 Å². The Morgan fingerprint density at radius 2 is 2.22 bits per heavy atom. The van der Waals surface area contributed by atoms with Gasteiger partial charge >= 0.3 is 6.09 Å². The standard InChI is InChI=1S/C10H15N3O3S2/c1-10(2,3)16-8(15)11-13-6(14)7-12(9(13)17)4-5-18-7/h14H,4-5H2,1-3H3,(H,11,15). The normalized spacial score (nSPS) is 14.4. The van der Waals surface area contributed by atoms with E-state index in [1.54, 1.807) is 25.3 Å². The monoisotopic (exact) mass is 289 g/mol. The van der Waals surface area contributed by atoms with Gasteiger partial charge in [-0.25, -0.2) is 10.2 Å². The molecule has 1 aliphatic rings. The summed E-state index contributed by atoms with van der Waals surface area (Å²) in [5, 5.41) is 10.6. The van der Waals surface area contributed by atoms with Gasteiger partial charge in [-0.2, -0.15) is 4.68 Å². The fraction of sp³-hybridized carbons (Fsp3) is 0.600. The van der Waals surface area contributed by atoms with Gasteiger partial charge in [-0.1, -0.05) is 0 Å². The Balaban J connectivity index is 2.21. The Morgan fingerprint density at radius 1 is 1.56 bits per heavy atom. The third kappa shape index (κ3) is 2.49. The van der Waals surface area contributed by atoms with E-state index in [9.17, 15) is 9.90 Å². The SMILES string of the molecule is CC(C)(C)OC(=O)Nn1c(O)c2n(c1=S)CCS2. The first kappa shape index (κ1) is 13.3. The first-order chi connectivity index (χ1) is 8.29. The minimum Gasteiger partial charge on any atom is -0.491 e. The van der Waals surface area contributed by atoms with Crippen molar-refractivity contribution >= 4 is 30.1 Å². The van der Waals surface area contributed by atoms with Crippen LogP contribution in [0.4, 0.5) is 4.79 Å². The highest BCUT2D eigenvalue weighted by molar-refractivity contribution is 7.99. The molecule has 0 fully saturated rings. The maximum absolute atomic E-state index is 11.6. The van der Waals surface area contributed by atoms with Crippen LogP contribution in [-0.4, -0.2) is 31.8 Å². The summed E-state index contributed by atoms with van der Waals surface area (Å²) >= 11 is 6.68. The van der Waals surface area contributed by atoms with Gasteiger partial charge in [0.15, 0.2) is 0 Å². The largest absolute Gasteiger partial charge is 0.491 e. The summed E-state index contributed by atoms with van der Waals surface area (Å²) < 4.78 is 8.42. The molecule has 0 bridgehead atoms. The molecule has 1 amide bonds. The summed E-state index contributed by atoms with van der Waals surface area (Å²) in [5.74, 6) is 0.827. The van der Waals surface area contributed by atoms with Crippen LogP contribution in [0.15, 0.2) is 5.03 Å². The molecule has 0 radical (unpaired) electrons. The fourth-order valence-electron chi connectivity index (χ4n) is 1.58. The topological polar surface area (TPSA) is 68.4 Å². The van der Waals surface area contributed by atoms with E-state index in [4.69, 9.17) is 17.0 Å². The van der Waals surface area contributed by atoms with E-state index in [-0.39, 0.29) is 5.88 Å². The number of fused-ring (bicyclic) bond motifs is 1. The van der Waals surface area contributed by atoms with Crippen LogP contribution >= 0.6 is 24.0 Å². The van der Waals surface area contributed by atoms with Crippen LogP contribution in [0, 0.1) is 4.77 Å². The molecule has 1 aliphatic heterocycles. The number of nitrogens with one attached hydrogen (secondary N) is 1. The molecule has 0 spiro atoms. The number of aromatic hydroxyl groups is 1. The molecular weight excluding hydrogens is 274 g/mol. The van der Waals surface area contributed by atoms with Crippen LogP contribution in [0.3, 0.4) is 0 Å². The van der Waals surface area contributed by atoms with Crippen LogP contribution in [0.1, 0.15) is 20.8 Å². The molecular formula is C10H15N3O3S2. The summed E-state index contributed by atoms with van der Waals surface area (Å²) in [6.07, 6.45) is -0.650. The van der Waals surface area contributed by atoms with Crippen LogP contribution in [-0.2, 0) is 11.3 Å². The van der Waals surface area contributed by atoms with E-state index < -0.39 is 11.7 Å². The number of carbonyl (C=O) groups excluding carboxylic acids is 1. The van der Waals surface area contributed by atoms with E-state index in [2.05, 4.69) is 5.43 Å². The van der Waals surface area contributed by atoms with Gasteiger partial charge in [0.25, 0.3) is 0 Å². The average molecular weight is 289 g/mol. The number of hydrogen-bond acceptors (Lipinski definition) is 5. The third-order valence-electron chi connectivity index (χ3n) is 2.23. The molecule has 100 valence electrons. The molecule has 0 aromatic carbocycles. The Bertz CT molecular complexity index is 542. The minimum atomic E-state index is -0.650. The second-order valence-corrected chi connectivity index (χ2v) is 6.31. The van der Waals surface area contributed by atoms with Crippen molar-refractivity contribution in [3.05, 3.63) is 4.77 Å². The van der Waals surface area contributed by atoms with Crippen LogP contribution < -0.4 is 5.43 Å². The number of nitrogens with zero attached hydrogens (tertiary/aromatic N) is 2. The van der Waals surface area contributed by atoms with Crippen LogP contribution in [0.5, 0.6) is 5.88 Å². The minimum absolute atomic E-state index is 0.0478. The van der Waals surface area contributed by atoms with Crippen molar-refractivity contribution in [3.8, 4) is 5.88 Å². The van der Waals surface area contributed by atoms with E-state index in [0.717, 1.165) is 12.3 Å². The summed E-state index contributed by atoms with van der Waals surface area (Å²) in [5.41, 5.74) is 1.83. The maximum atomic E-state index is 11.6. The molecule has 0 saturated carbocycles. The van der Waals surface area contributed by atoms with Crippen LogP contribution in [0.2, 0.25) is 0 Å². The van der Waals surface area contributed by atoms with Gasteiger partial charge in [-0.3, -0.25) is 0 Å². The summed E-state index contributed by atoms with van der Waals surface area (Å²) in [4.78, 5) is 11.6. The quantitative estimate of drug-likeness (QED) is 0.777. The van der Waals surface area contributed by atoms with Gasteiger partial charge in [0.1, 0.15) is 10.6 Å². The zero-order chi connectivity index (χ0) is 13.5. The number of hydrogen-bond donors (Lipinski definition) is 2. The highest BCUT2D eigenvalue weighted by Crippen LogP contribution is 2.35. The van der Waals surface area contributed by atoms with Crippen molar-refractivity contribution in [2.24, 2.45) is 0 Å². The Kier molecular flexibility index (Phi) is 3.33. The van der Waals surface area contributed by atoms with Gasteiger partial charge in [0, 0.05) is 12.3 Å². The molecule has 2 heterocycles. The van der Waals surface area contributed by atoms with Gasteiger partial charge < -0.3 is 14.4 Å². The lowest BCUT2D eigenvalue weighted by molar-refractivity contribution is 0.0610. The predicted molar refractivity (Wildman–Crippen MR) is 71.2 cm³/mol. The summed E-state index contributed by atoms with van der Waals surface area (Å²) in [6, 6.07) is 0. The van der Waals surface area contributed by atoms with E-state index in [0.29, 0.717) is 9.80 Å². The van der Waals surface area contributed by atoms with Gasteiger partial charge in [-0.05, 0) is 33.0 Å². The van der Waals surface area contributed by atoms with Crippen LogP contribution in [0.25, 0.3) is 0 Å². The van der Waals surface area contributed by atoms with Crippen molar-refractivity contribution in [3.63, 3.8) is 0 Å². The molecule has 2 rings (SSSR count). The third-order valence-corrected chi connectivity index (χ3v) is 3.69. The smallest absolute Gasteiger partial charge is 0.427 e. The second kappa shape index (κ2) is 4.51. The number of aromatic nitrogens is 2. The lowest BCUT2D eigenvalue weighted by Crippen LogP contribution is -2.31. The number of carbonyl (C=O) groups is 1. The first-order valence-electron chi connectivity index (χ1n) is 5.47. The molecule has 0 saturated heterocycles. The van der Waals surface area contributed by atoms with Crippen molar-refractivity contribution < 1.29 is 14.6 Å². The molecule has 0 aliphatic carbocycles. The van der Waals surface area contributed by atoms with Crippen molar-refractivity contribution in [2.45, 2.75) is 37.9 Å². The van der Waals surface area contributed by atoms with E-state index in [1.807, 2.05) is 0 Å². The summed E-state index contributed by atoms with van der Waals surface area (Å²) in [7, 11) is 0. The zero-order valence-corrected chi connectivity index (χ0v) is 12.0. The molecule has 0 atom stereocenters. The molecule has 1 aromatic heterocycles. The Morgan fingerprint density at radius 3 is 2.78 bits per heavy atom. The number of amides is 1. The van der Waals surface area contributed by atoms with E-state index >= 15 is 0 Å². The highest BCUT2D eigenvalue weighted by atomic mass is 32.2. The predicted octanol–water partition coefficient (Wildman–Crippen LogP) is 2.31. The fourth-order valence-corrected chi connectivity index (χ4v) is 2.97. The zero-order valence-electron chi connectivity index (χ0n) is 10.4. The summed E-state index contributed by atoms with van der Waals surface area (Å²) in [6.45, 7) is 6.03. The van der Waals surface area contributed by atoms with Gasteiger partial charge in [-0.15, -0.1) is 11.8 Å². The molecule has 0 unspecified atom stereocenters. The molecule has 8 heteroatoms. The Labute approximate surface area is 114 Å². The lowest BCUT2D eigenvalue weighted by atomic mass is 10.2. The lowest BCUT2D eigenvalue weighted by Gasteiger charge is -2.19. The highest BCUT2D eigenvalue weighted by Gasteiger charge is 2.24. The first-order valence-corrected chi connectivity index (χ1v) is 6.86.